The van der Waals surface area contributed by atoms with E-state index in [2.05, 4.69) is 20.6 Å². The number of hydrogen-bond donors (Lipinski definition) is 2. The van der Waals surface area contributed by atoms with Gasteiger partial charge < -0.3 is 19.9 Å². The molecule has 1 aromatic heterocycles. The maximum Gasteiger partial charge on any atom is 0.620 e. The van der Waals surface area contributed by atoms with E-state index in [-0.39, 0.29) is 20.9 Å². The van der Waals surface area contributed by atoms with E-state index in [1.165, 1.54) is 18.6 Å². The van der Waals surface area contributed by atoms with Gasteiger partial charge in [0.15, 0.2) is 0 Å². The Morgan fingerprint density at radius 2 is 1.73 bits per heavy atom. The summed E-state index contributed by atoms with van der Waals surface area (Å²) in [6.45, 7) is 4.01. The van der Waals surface area contributed by atoms with Crippen molar-refractivity contribution in [2.45, 2.75) is 38.7 Å². The first-order valence-corrected chi connectivity index (χ1v) is 13.2. The number of fused-ring (bicyclic) bond motifs is 3. The molecular formula is C30H33BN4O5. The molecule has 10 heteroatoms. The zero-order valence-electron chi connectivity index (χ0n) is 22.2. The van der Waals surface area contributed by atoms with Gasteiger partial charge >= 0.3 is 13.1 Å². The lowest BCUT2D eigenvalue weighted by Gasteiger charge is -2.31. The fourth-order valence-electron chi connectivity index (χ4n) is 4.74. The summed E-state index contributed by atoms with van der Waals surface area (Å²) in [6.07, 6.45) is 4.93. The summed E-state index contributed by atoms with van der Waals surface area (Å²) in [7, 11) is -1.05. The molecule has 5 rings (SSSR count). The molecule has 0 unspecified atom stereocenters. The molecule has 4 aromatic rings. The van der Waals surface area contributed by atoms with Crippen molar-refractivity contribution >= 4 is 35.7 Å². The van der Waals surface area contributed by atoms with Gasteiger partial charge in [-0.05, 0) is 29.4 Å². The Balaban J connectivity index is 0.00000242. The molecule has 0 saturated carbocycles. The summed E-state index contributed by atoms with van der Waals surface area (Å²) in [4.78, 5) is 47.7. The van der Waals surface area contributed by atoms with Crippen LogP contribution >= 0.6 is 0 Å². The lowest BCUT2D eigenvalue weighted by molar-refractivity contribution is -0.123. The van der Waals surface area contributed by atoms with Crippen molar-refractivity contribution in [3.05, 3.63) is 102 Å². The number of rotatable bonds is 9. The van der Waals surface area contributed by atoms with Gasteiger partial charge in [0.05, 0.1) is 17.7 Å². The average molecular weight is 540 g/mol. The fraction of sp³-hybridized carbons (Fsp3) is 0.233. The monoisotopic (exact) mass is 540 g/mol. The minimum atomic E-state index is -1.05. The van der Waals surface area contributed by atoms with Gasteiger partial charge in [-0.1, -0.05) is 74.5 Å². The van der Waals surface area contributed by atoms with Crippen LogP contribution in [-0.2, 0) is 15.9 Å². The van der Waals surface area contributed by atoms with Crippen molar-refractivity contribution in [3.63, 3.8) is 0 Å². The van der Waals surface area contributed by atoms with Gasteiger partial charge in [-0.2, -0.15) is 0 Å². The number of nitrogens with one attached hydrogen (secondary N) is 2. The van der Waals surface area contributed by atoms with E-state index in [0.717, 1.165) is 16.3 Å². The Morgan fingerprint density at radius 1 is 0.950 bits per heavy atom. The zero-order valence-corrected chi connectivity index (χ0v) is 22.2. The summed E-state index contributed by atoms with van der Waals surface area (Å²) in [5.41, 5.74) is 1.30. The number of carbonyl (C=O) groups is 3. The zero-order chi connectivity index (χ0) is 28.1. The molecule has 0 bridgehead atoms. The molecule has 2 heterocycles. The second kappa shape index (κ2) is 12.0. The third-order valence-corrected chi connectivity index (χ3v) is 6.64. The van der Waals surface area contributed by atoms with Crippen LogP contribution in [0.2, 0.25) is 0 Å². The summed E-state index contributed by atoms with van der Waals surface area (Å²) < 4.78 is 12.0. The van der Waals surface area contributed by atoms with Crippen molar-refractivity contribution in [2.75, 3.05) is 0 Å². The minimum absolute atomic E-state index is 0. The van der Waals surface area contributed by atoms with Crippen molar-refractivity contribution in [2.24, 2.45) is 5.92 Å². The van der Waals surface area contributed by atoms with E-state index >= 15 is 0 Å². The maximum atomic E-state index is 13.7. The van der Waals surface area contributed by atoms with Crippen LogP contribution in [0.25, 0.3) is 10.8 Å². The predicted octanol–water partition coefficient (Wildman–Crippen LogP) is 4.27. The van der Waals surface area contributed by atoms with Gasteiger partial charge in [0, 0.05) is 27.1 Å². The van der Waals surface area contributed by atoms with E-state index < -0.39 is 36.9 Å². The van der Waals surface area contributed by atoms with E-state index in [4.69, 9.17) is 9.31 Å². The molecule has 40 heavy (non-hydrogen) atoms. The van der Waals surface area contributed by atoms with Crippen LogP contribution in [0.5, 0.6) is 5.75 Å². The number of nitrogens with zero attached hydrogens (tertiary/aromatic N) is 2. The quantitative estimate of drug-likeness (QED) is 0.304. The highest BCUT2D eigenvalue weighted by atomic mass is 16.6. The molecule has 1 aliphatic heterocycles. The Bertz CT molecular complexity index is 1530. The normalized spacial score (nSPS) is 14.1. The maximum absolute atomic E-state index is 13.7. The Hall–Kier alpha value is -4.73. The van der Waals surface area contributed by atoms with Crippen LogP contribution in [0.4, 0.5) is 0 Å². The van der Waals surface area contributed by atoms with Gasteiger partial charge in [-0.15, -0.1) is 0 Å². The average Bonchev–Trinajstić information content (AvgIpc) is 2.97. The molecule has 0 aliphatic carbocycles. The van der Waals surface area contributed by atoms with Crippen molar-refractivity contribution < 1.29 is 26.5 Å². The smallest absolute Gasteiger partial charge is 0.523 e. The van der Waals surface area contributed by atoms with Crippen LogP contribution in [0.3, 0.4) is 0 Å². The van der Waals surface area contributed by atoms with Crippen molar-refractivity contribution in [1.29, 1.82) is 0 Å². The summed E-state index contributed by atoms with van der Waals surface area (Å²) in [5.74, 6) is -1.57. The third kappa shape index (κ3) is 6.12. The fourth-order valence-corrected chi connectivity index (χ4v) is 4.74. The van der Waals surface area contributed by atoms with Crippen LogP contribution < -0.4 is 15.3 Å². The standard InChI is InChI=1S/C30H29BN4O5.2H2/c1-19(2)16-26(31-39-27-22-11-7-6-10-21(22)12-13-23(27)30(38)40-31)35-28(36)24(17-20-8-4-3-5-9-20)34-29(37)25-18-32-14-15-33-25;;/h3-15,18-19,24,26H,16-17H2,1-2H3,(H,34,37)(H,35,36);2*1H/t24-,26-;;/m0../s1. The molecule has 9 nitrogen and oxygen atoms in total. The molecule has 206 valence electrons. The SMILES string of the molecule is CC(C)C[C@H](NC(=O)[C@H](Cc1ccccc1)NC(=O)c1cnccn1)B1OC(=O)c2ccc3ccccc3c2O1.[HH].[HH]. The largest absolute Gasteiger partial charge is 0.620 e. The molecular weight excluding hydrogens is 507 g/mol. The van der Waals surface area contributed by atoms with Gasteiger partial charge in [-0.3, -0.25) is 14.6 Å². The first-order valence-electron chi connectivity index (χ1n) is 13.2. The summed E-state index contributed by atoms with van der Waals surface area (Å²) in [5, 5.41) is 7.50. The highest BCUT2D eigenvalue weighted by Gasteiger charge is 2.43. The van der Waals surface area contributed by atoms with Crippen LogP contribution in [-0.4, -0.2) is 46.9 Å². The third-order valence-electron chi connectivity index (χ3n) is 6.64. The van der Waals surface area contributed by atoms with Crippen molar-refractivity contribution in [3.8, 4) is 5.75 Å². The Labute approximate surface area is 235 Å². The van der Waals surface area contributed by atoms with E-state index in [1.807, 2.05) is 74.5 Å². The number of carbonyl (C=O) groups excluding carboxylic acids is 3. The molecule has 2 N–H and O–H groups in total. The second-order valence-corrected chi connectivity index (χ2v) is 10.1. The van der Waals surface area contributed by atoms with Crippen LogP contribution in [0.15, 0.2) is 85.3 Å². The van der Waals surface area contributed by atoms with Gasteiger partial charge in [-0.25, -0.2) is 9.78 Å². The van der Waals surface area contributed by atoms with Crippen LogP contribution in [0, 0.1) is 5.92 Å². The van der Waals surface area contributed by atoms with Crippen molar-refractivity contribution in [1.82, 2.24) is 20.6 Å². The molecule has 0 radical (unpaired) electrons. The number of amides is 2. The van der Waals surface area contributed by atoms with E-state index in [0.29, 0.717) is 17.7 Å². The first-order chi connectivity index (χ1) is 19.4. The van der Waals surface area contributed by atoms with Gasteiger partial charge in [0.2, 0.25) is 5.91 Å². The molecule has 1 aliphatic rings. The predicted molar refractivity (Wildman–Crippen MR) is 155 cm³/mol. The second-order valence-electron chi connectivity index (χ2n) is 10.1. The van der Waals surface area contributed by atoms with Crippen LogP contribution in [0.1, 0.15) is 49.5 Å². The number of aromatic nitrogens is 2. The highest BCUT2D eigenvalue weighted by Crippen LogP contribution is 2.34. The molecule has 2 amide bonds. The molecule has 0 saturated heterocycles. The Kier molecular flexibility index (Phi) is 8.05. The minimum Gasteiger partial charge on any atom is -0.523 e. The van der Waals surface area contributed by atoms with E-state index in [9.17, 15) is 14.4 Å². The lowest BCUT2D eigenvalue weighted by Crippen LogP contribution is -2.58. The lowest BCUT2D eigenvalue weighted by atomic mass is 9.72. The summed E-state index contributed by atoms with van der Waals surface area (Å²) >= 11 is 0. The molecule has 2 atom stereocenters. The molecule has 0 fully saturated rings. The number of benzene rings is 3. The van der Waals surface area contributed by atoms with Gasteiger partial charge in [0.25, 0.3) is 5.91 Å². The summed E-state index contributed by atoms with van der Waals surface area (Å²) in [6, 6.07) is 19.6. The number of hydrogen-bond acceptors (Lipinski definition) is 7. The van der Waals surface area contributed by atoms with E-state index in [1.54, 1.807) is 6.07 Å². The first kappa shape index (κ1) is 26.9. The Morgan fingerprint density at radius 3 is 2.48 bits per heavy atom. The topological polar surface area (TPSA) is 120 Å². The highest BCUT2D eigenvalue weighted by molar-refractivity contribution is 6.52. The molecule has 3 aromatic carbocycles. The van der Waals surface area contributed by atoms with Gasteiger partial charge in [0.1, 0.15) is 17.5 Å². The molecule has 0 spiro atoms.